The second-order valence-electron chi connectivity index (χ2n) is 5.00. The lowest BCUT2D eigenvalue weighted by atomic mass is 9.78. The van der Waals surface area contributed by atoms with E-state index < -0.39 is 5.41 Å². The third-order valence-corrected chi connectivity index (χ3v) is 3.96. The molecule has 3 heteroatoms. The average molecular weight is 289 g/mol. The van der Waals surface area contributed by atoms with Crippen molar-refractivity contribution in [3.8, 4) is 5.75 Å². The van der Waals surface area contributed by atoms with Gasteiger partial charge in [-0.25, -0.2) is 0 Å². The first kappa shape index (κ1) is 14.6. The van der Waals surface area contributed by atoms with Crippen molar-refractivity contribution < 1.29 is 9.53 Å². The molecule has 0 N–H and O–H groups in total. The maximum Gasteiger partial charge on any atom is 0.232 e. The quantitative estimate of drug-likeness (QED) is 0.779. The van der Waals surface area contributed by atoms with Crippen molar-refractivity contribution in [1.29, 1.82) is 0 Å². The number of carbonyl (C=O) groups is 1. The minimum atomic E-state index is -0.766. The first-order valence-corrected chi connectivity index (χ1v) is 6.82. The number of ether oxygens (including phenoxy) is 1. The molecule has 0 bridgehead atoms. The highest BCUT2D eigenvalue weighted by Crippen LogP contribution is 2.32. The van der Waals surface area contributed by atoms with E-state index >= 15 is 0 Å². The molecule has 0 saturated heterocycles. The van der Waals surface area contributed by atoms with Crippen molar-refractivity contribution in [2.75, 3.05) is 7.11 Å². The van der Waals surface area contributed by atoms with Crippen LogP contribution in [0.25, 0.3) is 0 Å². The van der Waals surface area contributed by atoms with Gasteiger partial charge >= 0.3 is 0 Å². The fourth-order valence-electron chi connectivity index (χ4n) is 2.26. The van der Waals surface area contributed by atoms with E-state index in [9.17, 15) is 4.79 Å². The highest BCUT2D eigenvalue weighted by molar-refractivity contribution is 6.65. The van der Waals surface area contributed by atoms with E-state index in [2.05, 4.69) is 0 Å². The molecule has 2 rings (SSSR count). The molecule has 0 aromatic heterocycles. The molecule has 0 amide bonds. The molecule has 0 fully saturated rings. The van der Waals surface area contributed by atoms with Crippen molar-refractivity contribution in [3.05, 3.63) is 65.7 Å². The normalized spacial score (nSPS) is 13.6. The average Bonchev–Trinajstić information content (AvgIpc) is 2.48. The molecular formula is C17H17ClO2. The summed E-state index contributed by atoms with van der Waals surface area (Å²) in [5.41, 5.74) is 1.17. The molecule has 0 heterocycles. The lowest BCUT2D eigenvalue weighted by molar-refractivity contribution is -0.116. The van der Waals surface area contributed by atoms with E-state index in [0.29, 0.717) is 6.42 Å². The molecule has 1 unspecified atom stereocenters. The smallest absolute Gasteiger partial charge is 0.232 e. The van der Waals surface area contributed by atoms with Crippen LogP contribution in [0.5, 0.6) is 5.75 Å². The Labute approximate surface area is 124 Å². The van der Waals surface area contributed by atoms with Crippen molar-refractivity contribution in [2.24, 2.45) is 0 Å². The number of benzene rings is 2. The molecule has 2 nitrogen and oxygen atoms in total. The summed E-state index contributed by atoms with van der Waals surface area (Å²) >= 11 is 5.89. The van der Waals surface area contributed by atoms with Gasteiger partial charge in [-0.2, -0.15) is 0 Å². The number of carbonyl (C=O) groups excluding carboxylic acids is 1. The van der Waals surface area contributed by atoms with Crippen LogP contribution in [0.4, 0.5) is 0 Å². The predicted octanol–water partition coefficient (Wildman–Crippen LogP) is 3.96. The molecule has 0 radical (unpaired) electrons. The Kier molecular flexibility index (Phi) is 4.46. The summed E-state index contributed by atoms with van der Waals surface area (Å²) < 4.78 is 5.23. The lowest BCUT2D eigenvalue weighted by Gasteiger charge is -2.26. The van der Waals surface area contributed by atoms with E-state index in [1.165, 1.54) is 0 Å². The molecule has 0 aliphatic carbocycles. The van der Waals surface area contributed by atoms with Gasteiger partial charge in [0, 0.05) is 0 Å². The zero-order valence-corrected chi connectivity index (χ0v) is 12.4. The van der Waals surface area contributed by atoms with Crippen LogP contribution < -0.4 is 4.74 Å². The third-order valence-electron chi connectivity index (χ3n) is 3.54. The van der Waals surface area contributed by atoms with Crippen molar-refractivity contribution in [1.82, 2.24) is 0 Å². The molecule has 0 aliphatic rings. The summed E-state index contributed by atoms with van der Waals surface area (Å²) in [4.78, 5) is 12.0. The molecule has 2 aromatic carbocycles. The summed E-state index contributed by atoms with van der Waals surface area (Å²) in [6, 6.07) is 17.4. The first-order chi connectivity index (χ1) is 9.56. The molecule has 104 valence electrons. The monoisotopic (exact) mass is 288 g/mol. The summed E-state index contributed by atoms with van der Waals surface area (Å²) in [5.74, 6) is 0.722. The van der Waals surface area contributed by atoms with Gasteiger partial charge in [0.2, 0.25) is 5.24 Å². The Hall–Kier alpha value is -1.80. The first-order valence-electron chi connectivity index (χ1n) is 6.44. The number of hydrogen-bond acceptors (Lipinski definition) is 2. The molecule has 20 heavy (non-hydrogen) atoms. The van der Waals surface area contributed by atoms with E-state index in [-0.39, 0.29) is 5.24 Å². The fourth-order valence-corrected chi connectivity index (χ4v) is 2.43. The highest BCUT2D eigenvalue weighted by Gasteiger charge is 2.34. The van der Waals surface area contributed by atoms with E-state index in [1.807, 2.05) is 61.5 Å². The Morgan fingerprint density at radius 2 is 1.85 bits per heavy atom. The van der Waals surface area contributed by atoms with Gasteiger partial charge in [-0.1, -0.05) is 42.5 Å². The third kappa shape index (κ3) is 3.02. The van der Waals surface area contributed by atoms with Crippen molar-refractivity contribution >= 4 is 16.8 Å². The van der Waals surface area contributed by atoms with Gasteiger partial charge < -0.3 is 4.74 Å². The zero-order valence-electron chi connectivity index (χ0n) is 11.6. The van der Waals surface area contributed by atoms with E-state index in [0.717, 1.165) is 16.9 Å². The largest absolute Gasteiger partial charge is 0.497 e. The fraction of sp³-hybridized carbons (Fsp3) is 0.235. The number of halogens is 1. The zero-order chi connectivity index (χ0) is 14.6. The highest BCUT2D eigenvalue weighted by atomic mass is 35.5. The SMILES string of the molecule is COc1cccc(C(C)(Cc2ccccc2)C(=O)Cl)c1. The van der Waals surface area contributed by atoms with Gasteiger partial charge in [-0.3, -0.25) is 4.79 Å². The van der Waals surface area contributed by atoms with Crippen molar-refractivity contribution in [3.63, 3.8) is 0 Å². The van der Waals surface area contributed by atoms with Crippen LogP contribution in [-0.4, -0.2) is 12.4 Å². The summed E-state index contributed by atoms with van der Waals surface area (Å²) in [6.07, 6.45) is 0.559. The van der Waals surface area contributed by atoms with E-state index in [1.54, 1.807) is 7.11 Å². The number of hydrogen-bond donors (Lipinski definition) is 0. The van der Waals surface area contributed by atoms with Crippen molar-refractivity contribution in [2.45, 2.75) is 18.8 Å². The predicted molar refractivity (Wildman–Crippen MR) is 81.4 cm³/mol. The minimum Gasteiger partial charge on any atom is -0.497 e. The van der Waals surface area contributed by atoms with Crippen LogP contribution in [0.3, 0.4) is 0 Å². The molecule has 1 atom stereocenters. The van der Waals surface area contributed by atoms with Crippen LogP contribution in [0.2, 0.25) is 0 Å². The Morgan fingerprint density at radius 1 is 1.15 bits per heavy atom. The summed E-state index contributed by atoms with van der Waals surface area (Å²) in [5, 5.41) is -0.366. The standard InChI is InChI=1S/C17H17ClO2/c1-17(16(18)19,12-13-7-4-3-5-8-13)14-9-6-10-15(11-14)20-2/h3-11H,12H2,1-2H3. The van der Waals surface area contributed by atoms with Gasteiger partial charge in [-0.15, -0.1) is 0 Å². The topological polar surface area (TPSA) is 26.3 Å². The van der Waals surface area contributed by atoms with Gasteiger partial charge in [0.15, 0.2) is 0 Å². The summed E-state index contributed by atoms with van der Waals surface area (Å²) in [7, 11) is 1.61. The van der Waals surface area contributed by atoms with Crippen LogP contribution in [0, 0.1) is 0 Å². The Balaban J connectivity index is 2.41. The van der Waals surface area contributed by atoms with Gasteiger partial charge in [-0.05, 0) is 48.2 Å². The van der Waals surface area contributed by atoms with Crippen LogP contribution in [-0.2, 0) is 16.6 Å². The van der Waals surface area contributed by atoms with Crippen LogP contribution in [0.15, 0.2) is 54.6 Å². The Morgan fingerprint density at radius 3 is 2.45 bits per heavy atom. The molecule has 0 aliphatic heterocycles. The van der Waals surface area contributed by atoms with Gasteiger partial charge in [0.25, 0.3) is 0 Å². The van der Waals surface area contributed by atoms with Crippen LogP contribution >= 0.6 is 11.6 Å². The second-order valence-corrected chi connectivity index (χ2v) is 5.34. The molecular weight excluding hydrogens is 272 g/mol. The lowest BCUT2D eigenvalue weighted by Crippen LogP contribution is -2.31. The molecule has 2 aromatic rings. The maximum absolute atomic E-state index is 12.0. The summed E-state index contributed by atoms with van der Waals surface area (Å²) in [6.45, 7) is 1.87. The molecule has 0 spiro atoms. The van der Waals surface area contributed by atoms with Crippen LogP contribution in [0.1, 0.15) is 18.1 Å². The Bertz CT molecular complexity index is 595. The second kappa shape index (κ2) is 6.10. The molecule has 0 saturated carbocycles. The number of rotatable bonds is 5. The van der Waals surface area contributed by atoms with Gasteiger partial charge in [0.1, 0.15) is 5.75 Å². The van der Waals surface area contributed by atoms with E-state index in [4.69, 9.17) is 16.3 Å². The number of methoxy groups -OCH3 is 1. The minimum absolute atomic E-state index is 0.366. The van der Waals surface area contributed by atoms with Gasteiger partial charge in [0.05, 0.1) is 12.5 Å². The maximum atomic E-state index is 12.0.